The van der Waals surface area contributed by atoms with Gasteiger partial charge in [-0.15, -0.1) is 0 Å². The summed E-state index contributed by atoms with van der Waals surface area (Å²) in [5.41, 5.74) is 0. The van der Waals surface area contributed by atoms with Crippen LogP contribution in [-0.4, -0.2) is 75.6 Å². The second kappa shape index (κ2) is 13.0. The van der Waals surface area contributed by atoms with Gasteiger partial charge in [0.05, 0.1) is 33.0 Å². The number of thiol groups is 1. The predicted molar refractivity (Wildman–Crippen MR) is 87.7 cm³/mol. The van der Waals surface area contributed by atoms with E-state index in [1.165, 1.54) is 0 Å². The van der Waals surface area contributed by atoms with Crippen molar-refractivity contribution in [1.29, 1.82) is 0 Å². The van der Waals surface area contributed by atoms with Crippen LogP contribution in [0.2, 0.25) is 0 Å². The van der Waals surface area contributed by atoms with Gasteiger partial charge in [-0.25, -0.2) is 4.79 Å². The molecule has 0 aromatic carbocycles. The number of carbonyl (C=O) groups is 1. The van der Waals surface area contributed by atoms with Crippen molar-refractivity contribution >= 4 is 18.7 Å². The smallest absolute Gasteiger partial charge is 0.409 e. The molecule has 0 unspecified atom stereocenters. The van der Waals surface area contributed by atoms with Crippen LogP contribution in [-0.2, 0) is 18.9 Å². The van der Waals surface area contributed by atoms with Gasteiger partial charge in [-0.2, -0.15) is 12.6 Å². The van der Waals surface area contributed by atoms with Crippen molar-refractivity contribution in [3.63, 3.8) is 0 Å². The minimum absolute atomic E-state index is 0.256. The van der Waals surface area contributed by atoms with Crippen molar-refractivity contribution in [3.05, 3.63) is 0 Å². The van der Waals surface area contributed by atoms with Crippen LogP contribution < -0.4 is 0 Å². The molecule has 1 aliphatic rings. The largest absolute Gasteiger partial charge is 0.447 e. The van der Waals surface area contributed by atoms with Gasteiger partial charge in [-0.05, 0) is 19.3 Å². The van der Waals surface area contributed by atoms with E-state index in [-0.39, 0.29) is 12.7 Å². The maximum absolute atomic E-state index is 11.7. The second-order valence-corrected chi connectivity index (χ2v) is 5.90. The maximum atomic E-state index is 11.7. The number of rotatable bonds is 11. The summed E-state index contributed by atoms with van der Waals surface area (Å²) in [7, 11) is 0. The number of hydrogen-bond donors (Lipinski definition) is 1. The third kappa shape index (κ3) is 9.50. The molecule has 0 aromatic heterocycles. The van der Waals surface area contributed by atoms with Crippen LogP contribution in [0.25, 0.3) is 0 Å². The van der Waals surface area contributed by atoms with Crippen molar-refractivity contribution in [2.75, 3.05) is 59.3 Å². The van der Waals surface area contributed by atoms with Gasteiger partial charge in [0.25, 0.3) is 0 Å². The molecule has 0 N–H and O–H groups in total. The minimum atomic E-state index is -0.256. The molecule has 1 rings (SSSR count). The van der Waals surface area contributed by atoms with Gasteiger partial charge in [-0.3, -0.25) is 0 Å². The molecule has 1 saturated heterocycles. The van der Waals surface area contributed by atoms with Crippen LogP contribution in [0, 0.1) is 0 Å². The quantitative estimate of drug-likeness (QED) is 0.462. The fourth-order valence-electron chi connectivity index (χ4n) is 2.01. The lowest BCUT2D eigenvalue weighted by molar-refractivity contribution is 0.00278. The summed E-state index contributed by atoms with van der Waals surface area (Å²) in [6.07, 6.45) is 2.62. The van der Waals surface area contributed by atoms with E-state index >= 15 is 0 Å². The van der Waals surface area contributed by atoms with Crippen molar-refractivity contribution in [3.8, 4) is 0 Å². The van der Waals surface area contributed by atoms with Gasteiger partial charge in [0.2, 0.25) is 0 Å². The maximum Gasteiger partial charge on any atom is 0.409 e. The van der Waals surface area contributed by atoms with Crippen LogP contribution in [0.5, 0.6) is 0 Å². The molecule has 0 saturated carbocycles. The van der Waals surface area contributed by atoms with E-state index in [4.69, 9.17) is 18.9 Å². The van der Waals surface area contributed by atoms with E-state index in [0.717, 1.165) is 39.0 Å². The highest BCUT2D eigenvalue weighted by Gasteiger charge is 2.21. The zero-order chi connectivity index (χ0) is 16.0. The molecule has 130 valence electrons. The van der Waals surface area contributed by atoms with Crippen molar-refractivity contribution in [2.45, 2.75) is 31.4 Å². The predicted octanol–water partition coefficient (Wildman–Crippen LogP) is 1.98. The summed E-state index contributed by atoms with van der Waals surface area (Å²) < 4.78 is 21.1. The first-order valence-electron chi connectivity index (χ1n) is 8.07. The lowest BCUT2D eigenvalue weighted by Crippen LogP contribution is -2.39. The number of likely N-dealkylation sites (tertiary alicyclic amines) is 1. The topological polar surface area (TPSA) is 57.2 Å². The molecule has 0 atom stereocenters. The van der Waals surface area contributed by atoms with E-state index in [0.29, 0.717) is 38.3 Å². The normalized spacial score (nSPS) is 16.0. The molecule has 6 nitrogen and oxygen atoms in total. The van der Waals surface area contributed by atoms with E-state index < -0.39 is 0 Å². The van der Waals surface area contributed by atoms with Gasteiger partial charge < -0.3 is 23.8 Å². The lowest BCUT2D eigenvalue weighted by atomic mass is 10.1. The Hall–Kier alpha value is -0.500. The Morgan fingerprint density at radius 1 is 0.955 bits per heavy atom. The molecule has 0 aliphatic carbocycles. The van der Waals surface area contributed by atoms with Crippen LogP contribution in [0.15, 0.2) is 0 Å². The summed E-state index contributed by atoms with van der Waals surface area (Å²) in [5, 5.41) is 0.403. The molecule has 1 aliphatic heterocycles. The Bertz CT molecular complexity index is 285. The zero-order valence-electron chi connectivity index (χ0n) is 13.5. The molecule has 0 spiro atoms. The number of ether oxygens (including phenoxy) is 4. The number of hydrogen-bond acceptors (Lipinski definition) is 6. The highest BCUT2D eigenvalue weighted by Crippen LogP contribution is 2.15. The molecule has 22 heavy (non-hydrogen) atoms. The average Bonchev–Trinajstić information content (AvgIpc) is 2.53. The summed E-state index contributed by atoms with van der Waals surface area (Å²) in [6, 6.07) is 0. The highest BCUT2D eigenvalue weighted by molar-refractivity contribution is 7.80. The number of amides is 1. The Morgan fingerprint density at radius 2 is 1.45 bits per heavy atom. The fraction of sp³-hybridized carbons (Fsp3) is 0.933. The minimum Gasteiger partial charge on any atom is -0.447 e. The zero-order valence-corrected chi connectivity index (χ0v) is 14.4. The van der Waals surface area contributed by atoms with Crippen molar-refractivity contribution in [1.82, 2.24) is 4.90 Å². The molecule has 7 heteroatoms. The van der Waals surface area contributed by atoms with Crippen molar-refractivity contribution in [2.24, 2.45) is 0 Å². The first-order valence-corrected chi connectivity index (χ1v) is 8.58. The molecule has 0 radical (unpaired) electrons. The number of piperidine rings is 1. The van der Waals surface area contributed by atoms with Gasteiger partial charge in [0, 0.05) is 24.9 Å². The summed E-state index contributed by atoms with van der Waals surface area (Å²) in [6.45, 7) is 7.19. The summed E-state index contributed by atoms with van der Waals surface area (Å²) in [4.78, 5) is 13.5. The second-order valence-electron chi connectivity index (χ2n) is 5.17. The van der Waals surface area contributed by atoms with Crippen LogP contribution in [0.1, 0.15) is 26.2 Å². The van der Waals surface area contributed by atoms with Gasteiger partial charge >= 0.3 is 6.09 Å². The van der Waals surface area contributed by atoms with E-state index in [9.17, 15) is 4.79 Å². The lowest BCUT2D eigenvalue weighted by Gasteiger charge is -2.28. The Balaban J connectivity index is 1.84. The molecule has 1 fully saturated rings. The first-order chi connectivity index (χ1) is 10.7. The van der Waals surface area contributed by atoms with Crippen LogP contribution in [0.3, 0.4) is 0 Å². The Labute approximate surface area is 138 Å². The van der Waals surface area contributed by atoms with E-state index in [1.54, 1.807) is 4.90 Å². The third-order valence-corrected chi connectivity index (χ3v) is 3.78. The number of carbonyl (C=O) groups excluding carboxylic acids is 1. The number of nitrogens with zero attached hydrogens (tertiary/aromatic N) is 1. The molecule has 0 aromatic rings. The Kier molecular flexibility index (Phi) is 11.5. The SMILES string of the molecule is CCCOCCOCCOCCOC(=O)N1CCC(S)CC1. The molecule has 0 bridgehead atoms. The third-order valence-electron chi connectivity index (χ3n) is 3.27. The highest BCUT2D eigenvalue weighted by atomic mass is 32.1. The van der Waals surface area contributed by atoms with Gasteiger partial charge in [0.1, 0.15) is 6.61 Å². The van der Waals surface area contributed by atoms with E-state index in [2.05, 4.69) is 19.6 Å². The molecule has 1 amide bonds. The Morgan fingerprint density at radius 3 is 2.00 bits per heavy atom. The average molecular weight is 335 g/mol. The molecular formula is C15H29NO5S. The molecular weight excluding hydrogens is 306 g/mol. The van der Waals surface area contributed by atoms with Crippen molar-refractivity contribution < 1.29 is 23.7 Å². The standard InChI is InChI=1S/C15H29NO5S/c1-2-7-18-8-9-19-10-11-20-12-13-21-15(17)16-5-3-14(22)4-6-16/h14,22H,2-13H2,1H3. The van der Waals surface area contributed by atoms with Gasteiger partial charge in [0.15, 0.2) is 0 Å². The van der Waals surface area contributed by atoms with E-state index in [1.807, 2.05) is 0 Å². The molecule has 1 heterocycles. The summed E-state index contributed by atoms with van der Waals surface area (Å²) in [5.74, 6) is 0. The monoisotopic (exact) mass is 335 g/mol. The van der Waals surface area contributed by atoms with Gasteiger partial charge in [-0.1, -0.05) is 6.92 Å². The summed E-state index contributed by atoms with van der Waals surface area (Å²) >= 11 is 4.40. The van der Waals surface area contributed by atoms with Crippen LogP contribution in [0.4, 0.5) is 4.79 Å². The fourth-order valence-corrected chi connectivity index (χ4v) is 2.24. The van der Waals surface area contributed by atoms with Crippen LogP contribution >= 0.6 is 12.6 Å². The first kappa shape index (κ1) is 19.5.